The molecule has 0 aliphatic heterocycles. The zero-order chi connectivity index (χ0) is 96.1. The van der Waals surface area contributed by atoms with Gasteiger partial charge in [0.2, 0.25) is 29.5 Å². The summed E-state index contributed by atoms with van der Waals surface area (Å²) < 4.78 is 84.4. The lowest BCUT2D eigenvalue weighted by molar-refractivity contribution is 0.0991. The van der Waals surface area contributed by atoms with Crippen LogP contribution in [0.2, 0.25) is 0 Å². The van der Waals surface area contributed by atoms with Crippen LogP contribution in [0, 0.1) is 30.2 Å². The van der Waals surface area contributed by atoms with Crippen molar-refractivity contribution < 1.29 is 89.2 Å². The van der Waals surface area contributed by atoms with Crippen molar-refractivity contribution in [2.75, 3.05) is 26.6 Å². The fourth-order valence-electron chi connectivity index (χ4n) is 11.5. The molecule has 15 rings (SSSR count). The first-order valence-electron chi connectivity index (χ1n) is 39.8. The van der Waals surface area contributed by atoms with Crippen molar-refractivity contribution in [1.29, 1.82) is 0 Å². The standard InChI is InChI=1S/C20H18N4O3.4C19H15FN4O3/c1-13-2-3-14(12-27-17-9-16(19(21)25)10-23-11-17)8-18(13)24-20(26)15-4-6-22-7-5-15;20-15-5-12(11-27-17-7-14(18(21)25)9-23-10-17)6-16(8-15)24-19(26)13-1-3-22-4-2-13;20-16-2-1-12(11-27-15-8-14(18(21)25)9-23-10-15)7-17(16)24-19(26)13-3-5-22-6-4-13;20-16-4-3-12(11-27-15-7-14(18(21)25)9-23-10-15)6-17(16)24-19(26)13-2-1-5-22-8-13;20-17-13(11-27-15-8-14(18(21)25)9-23-10-15)2-1-3-16(17)24-19(26)12-4-6-22-7-5-12/h2-11H,12H2,1H3,(H2,21,25)(H,24,26);4*1-10H,11H2,(H2,21,25)(H,24,26). The van der Waals surface area contributed by atoms with Crippen LogP contribution in [-0.4, -0.2) is 109 Å². The van der Waals surface area contributed by atoms with E-state index >= 15 is 0 Å². The molecule has 0 atom stereocenters. The minimum atomic E-state index is -0.639. The number of carbonyl (C=O) groups excluding carboxylic acids is 10. The van der Waals surface area contributed by atoms with Crippen molar-refractivity contribution in [3.8, 4) is 28.7 Å². The number of hydrogen-bond acceptors (Lipinski definition) is 25. The summed E-state index contributed by atoms with van der Waals surface area (Å²) in [5.41, 5.74) is 33.9. The first-order valence-corrected chi connectivity index (χ1v) is 39.8. The highest BCUT2D eigenvalue weighted by Crippen LogP contribution is 2.28. The Kier molecular flexibility index (Phi) is 34.6. The van der Waals surface area contributed by atoms with Crippen molar-refractivity contribution in [3.63, 3.8) is 0 Å². The van der Waals surface area contributed by atoms with Crippen LogP contribution in [-0.2, 0) is 33.0 Å². The molecule has 35 nitrogen and oxygen atoms in total. The summed E-state index contributed by atoms with van der Waals surface area (Å²) in [5, 5.41) is 13.1. The van der Waals surface area contributed by atoms with E-state index in [2.05, 4.69) is 76.4 Å². The largest absolute Gasteiger partial charge is 0.487 e. The highest BCUT2D eigenvalue weighted by atomic mass is 19.1. The lowest BCUT2D eigenvalue weighted by Gasteiger charge is -2.12. The van der Waals surface area contributed by atoms with Gasteiger partial charge in [0, 0.05) is 132 Å². The van der Waals surface area contributed by atoms with Gasteiger partial charge in [-0.25, -0.2) is 17.6 Å². The fraction of sp³-hybridized carbons (Fsp3) is 0.0625. The number of nitrogens with zero attached hydrogens (tertiary/aromatic N) is 10. The van der Waals surface area contributed by atoms with E-state index < -0.39 is 70.5 Å². The second-order valence-corrected chi connectivity index (χ2v) is 28.2. The monoisotopic (exact) mass is 1830 g/mol. The van der Waals surface area contributed by atoms with Crippen LogP contribution in [0.25, 0.3) is 0 Å². The van der Waals surface area contributed by atoms with Gasteiger partial charge in [0.15, 0.2) is 5.82 Å². The van der Waals surface area contributed by atoms with E-state index in [0.717, 1.165) is 11.1 Å². The van der Waals surface area contributed by atoms with Gasteiger partial charge in [-0.05, 0) is 180 Å². The molecular weight excluding hydrogens is 1750 g/mol. The summed E-state index contributed by atoms with van der Waals surface area (Å²) in [6.45, 7) is 2.23. The number of nitrogens with one attached hydrogen (secondary N) is 5. The van der Waals surface area contributed by atoms with E-state index in [1.165, 1.54) is 227 Å². The van der Waals surface area contributed by atoms with Crippen LogP contribution < -0.4 is 78.9 Å². The lowest BCUT2D eigenvalue weighted by Crippen LogP contribution is -2.14. The Balaban J connectivity index is 0.000000162. The Bertz CT molecular complexity index is 6290. The summed E-state index contributed by atoms with van der Waals surface area (Å²) in [6, 6.07) is 45.8. The summed E-state index contributed by atoms with van der Waals surface area (Å²) in [5.74, 6) is -5.59. The van der Waals surface area contributed by atoms with E-state index in [9.17, 15) is 65.5 Å². The van der Waals surface area contributed by atoms with Gasteiger partial charge in [-0.2, -0.15) is 0 Å². The molecule has 0 saturated heterocycles. The van der Waals surface area contributed by atoms with Crippen molar-refractivity contribution in [2.45, 2.75) is 40.0 Å². The van der Waals surface area contributed by atoms with E-state index in [1.54, 1.807) is 60.9 Å². The van der Waals surface area contributed by atoms with Crippen LogP contribution in [0.4, 0.5) is 46.0 Å². The topological polar surface area (TPSA) is 536 Å². The third kappa shape index (κ3) is 30.1. The molecule has 10 amide bonds. The average Bonchev–Trinajstić information content (AvgIpc) is 0.853. The quantitative estimate of drug-likeness (QED) is 0.0187. The number of aromatic nitrogens is 10. The maximum absolute atomic E-state index is 14.7. The molecule has 5 aromatic carbocycles. The van der Waals surface area contributed by atoms with E-state index in [1.807, 2.05) is 25.1 Å². The molecule has 0 bridgehead atoms. The van der Waals surface area contributed by atoms with Gasteiger partial charge in [0.1, 0.15) is 79.2 Å². The van der Waals surface area contributed by atoms with Gasteiger partial charge >= 0.3 is 0 Å². The number of aryl methyl sites for hydroxylation is 1. The normalized spacial score (nSPS) is 10.3. The molecule has 0 fully saturated rings. The molecular formula is C96H78F4N20O15. The maximum atomic E-state index is 14.7. The number of pyridine rings is 10. The van der Waals surface area contributed by atoms with E-state index in [0.29, 0.717) is 78.9 Å². The Morgan fingerprint density at radius 3 is 0.948 bits per heavy atom. The molecule has 135 heavy (non-hydrogen) atoms. The zero-order valence-electron chi connectivity index (χ0n) is 70.9. The first-order chi connectivity index (χ1) is 65.1. The smallest absolute Gasteiger partial charge is 0.257 e. The second-order valence-electron chi connectivity index (χ2n) is 28.2. The second kappa shape index (κ2) is 48.3. The van der Waals surface area contributed by atoms with Gasteiger partial charge in [0.25, 0.3) is 29.5 Å². The number of rotatable bonds is 30. The number of primary amides is 5. The van der Waals surface area contributed by atoms with Crippen LogP contribution in [0.1, 0.15) is 137 Å². The number of nitrogens with two attached hydrogens (primary N) is 5. The van der Waals surface area contributed by atoms with Gasteiger partial charge in [-0.15, -0.1) is 0 Å². The van der Waals surface area contributed by atoms with E-state index in [4.69, 9.17) is 52.4 Å². The van der Waals surface area contributed by atoms with Crippen LogP contribution in [0.3, 0.4) is 0 Å². The summed E-state index contributed by atoms with van der Waals surface area (Å²) in [4.78, 5) is 156. The maximum Gasteiger partial charge on any atom is 0.257 e. The Labute approximate surface area is 765 Å². The van der Waals surface area contributed by atoms with Gasteiger partial charge < -0.3 is 78.9 Å². The minimum absolute atomic E-state index is 0.0137. The Hall–Kier alpha value is -19.0. The molecule has 0 radical (unpaired) electrons. The predicted octanol–water partition coefficient (Wildman–Crippen LogP) is 12.9. The van der Waals surface area contributed by atoms with E-state index in [-0.39, 0.29) is 101 Å². The minimum Gasteiger partial charge on any atom is -0.487 e. The third-order valence-electron chi connectivity index (χ3n) is 18.3. The molecule has 10 heterocycles. The number of hydrogen-bond donors (Lipinski definition) is 10. The van der Waals surface area contributed by atoms with Crippen LogP contribution in [0.15, 0.2) is 306 Å². The predicted molar refractivity (Wildman–Crippen MR) is 483 cm³/mol. The number of amides is 10. The molecule has 15 aromatic rings. The molecule has 0 aliphatic carbocycles. The molecule has 0 spiro atoms. The van der Waals surface area contributed by atoms with Crippen molar-refractivity contribution in [3.05, 3.63) is 418 Å². The summed E-state index contributed by atoms with van der Waals surface area (Å²) in [7, 11) is 0. The average molecular weight is 1830 g/mol. The van der Waals surface area contributed by atoms with Crippen molar-refractivity contribution in [1.82, 2.24) is 49.8 Å². The SMILES string of the molecule is Cc1ccc(COc2cncc(C(N)=O)c2)cc1NC(=O)c1ccncc1.NC(=O)c1cncc(OCc2cc(F)cc(NC(=O)c3ccncc3)c2)c1.NC(=O)c1cncc(OCc2ccc(F)c(NC(=O)c3cccnc3)c2)c1.NC(=O)c1cncc(OCc2ccc(F)c(NC(=O)c3ccncc3)c2)c1.NC(=O)c1cncc(OCc2cccc(NC(=O)c3ccncc3)c2F)c1. The highest BCUT2D eigenvalue weighted by molar-refractivity contribution is 6.07. The lowest BCUT2D eigenvalue weighted by atomic mass is 10.1. The number of ether oxygens (including phenoxy) is 5. The van der Waals surface area contributed by atoms with Gasteiger partial charge in [-0.3, -0.25) is 97.8 Å². The molecule has 0 aliphatic rings. The Morgan fingerprint density at radius 2 is 0.585 bits per heavy atom. The zero-order valence-corrected chi connectivity index (χ0v) is 70.9. The number of anilines is 5. The fourth-order valence-corrected chi connectivity index (χ4v) is 11.5. The number of carbonyl (C=O) groups is 10. The summed E-state index contributed by atoms with van der Waals surface area (Å²) >= 11 is 0. The third-order valence-corrected chi connectivity index (χ3v) is 18.3. The molecule has 39 heteroatoms. The van der Waals surface area contributed by atoms with Gasteiger partial charge in [-0.1, -0.05) is 36.4 Å². The molecule has 680 valence electrons. The number of halogens is 4. The molecule has 0 saturated carbocycles. The van der Waals surface area contributed by atoms with Crippen molar-refractivity contribution >= 4 is 87.5 Å². The van der Waals surface area contributed by atoms with Crippen LogP contribution >= 0.6 is 0 Å². The highest BCUT2D eigenvalue weighted by Gasteiger charge is 2.19. The Morgan fingerprint density at radius 1 is 0.267 bits per heavy atom. The van der Waals surface area contributed by atoms with Crippen molar-refractivity contribution in [2.24, 2.45) is 28.7 Å². The van der Waals surface area contributed by atoms with Crippen LogP contribution in [0.5, 0.6) is 28.7 Å². The van der Waals surface area contributed by atoms with Gasteiger partial charge in [0.05, 0.1) is 81.4 Å². The first kappa shape index (κ1) is 96.6. The molecule has 15 N–H and O–H groups in total. The molecule has 10 aromatic heterocycles. The summed E-state index contributed by atoms with van der Waals surface area (Å²) in [6.07, 6.45) is 28.8. The number of benzene rings is 5. The molecule has 0 unspecified atom stereocenters.